The summed E-state index contributed by atoms with van der Waals surface area (Å²) < 4.78 is 0. The van der Waals surface area contributed by atoms with E-state index in [2.05, 4.69) is 0 Å². The molecule has 6 N–H and O–H groups in total. The van der Waals surface area contributed by atoms with E-state index in [9.17, 15) is 0 Å². The number of rotatable bonds is 0. The zero-order chi connectivity index (χ0) is 31.8. The monoisotopic (exact) mass is 585 g/mol. The molecule has 1 saturated carbocycles. The van der Waals surface area contributed by atoms with Gasteiger partial charge in [0, 0.05) is 42.7 Å². The lowest BCUT2D eigenvalue weighted by molar-refractivity contribution is 0.399. The summed E-state index contributed by atoms with van der Waals surface area (Å²) in [5.41, 5.74) is 0. The second-order valence-electron chi connectivity index (χ2n) is 9.90. The van der Waals surface area contributed by atoms with E-state index in [1.54, 1.807) is 0 Å². The van der Waals surface area contributed by atoms with E-state index in [1.807, 2.05) is 0 Å². The molecule has 0 heterocycles. The third-order valence-electron chi connectivity index (χ3n) is 7.00. The van der Waals surface area contributed by atoms with Gasteiger partial charge in [-0.15, -0.1) is 0 Å². The molecule has 0 aromatic rings. The van der Waals surface area contributed by atoms with Crippen LogP contribution in [-0.2, 0) is 0 Å². The smallest absolute Gasteiger partial charge is 0.0319 e. The molecule has 6 nitrogen and oxygen atoms in total. The van der Waals surface area contributed by atoms with Gasteiger partial charge in [-0.05, 0) is 0 Å². The van der Waals surface area contributed by atoms with E-state index in [4.69, 9.17) is 30.6 Å². The fourth-order valence-corrected chi connectivity index (χ4v) is 4.95. The molecule has 0 aromatic carbocycles. The van der Waals surface area contributed by atoms with Gasteiger partial charge in [0.15, 0.2) is 0 Å². The number of aliphatic hydroxyl groups excluding tert-OH is 6. The summed E-state index contributed by atoms with van der Waals surface area (Å²) in [5.74, 6) is 0. The fourth-order valence-electron chi connectivity index (χ4n) is 4.95. The quantitative estimate of drug-likeness (QED) is 0.170. The SMILES string of the molecule is C1CCCCCCCCCCCCCCCCCCCCCCCCCCC1.CO.CO.CO.CO.CO.CO. The third kappa shape index (κ3) is 66.2. The van der Waals surface area contributed by atoms with Crippen LogP contribution < -0.4 is 0 Å². The van der Waals surface area contributed by atoms with Crippen molar-refractivity contribution in [1.29, 1.82) is 0 Å². The average Bonchev–Trinajstić information content (AvgIpc) is 3.05. The molecule has 0 radical (unpaired) electrons. The van der Waals surface area contributed by atoms with Gasteiger partial charge < -0.3 is 30.6 Å². The minimum absolute atomic E-state index is 1.00. The van der Waals surface area contributed by atoms with Gasteiger partial charge in [0.25, 0.3) is 0 Å². The van der Waals surface area contributed by atoms with Crippen molar-refractivity contribution < 1.29 is 30.6 Å². The highest BCUT2D eigenvalue weighted by Gasteiger charge is 1.97. The van der Waals surface area contributed by atoms with Crippen molar-refractivity contribution in [3.63, 3.8) is 0 Å². The molecule has 40 heavy (non-hydrogen) atoms. The van der Waals surface area contributed by atoms with Gasteiger partial charge in [-0.2, -0.15) is 0 Å². The molecule has 0 aromatic heterocycles. The van der Waals surface area contributed by atoms with Crippen LogP contribution in [0.1, 0.15) is 180 Å². The third-order valence-corrected chi connectivity index (χ3v) is 7.00. The highest BCUT2D eigenvalue weighted by Crippen LogP contribution is 2.17. The summed E-state index contributed by atoms with van der Waals surface area (Å²) in [7, 11) is 6.00. The van der Waals surface area contributed by atoms with Crippen LogP contribution in [0.25, 0.3) is 0 Å². The first-order valence-corrected chi connectivity index (χ1v) is 16.7. The van der Waals surface area contributed by atoms with E-state index in [1.165, 1.54) is 180 Å². The summed E-state index contributed by atoms with van der Waals surface area (Å²) in [6.45, 7) is 0. The van der Waals surface area contributed by atoms with Gasteiger partial charge in [0.2, 0.25) is 0 Å². The molecule has 252 valence electrons. The van der Waals surface area contributed by atoms with Crippen molar-refractivity contribution in [3.8, 4) is 0 Å². The first kappa shape index (κ1) is 52.4. The molecule has 0 atom stereocenters. The maximum absolute atomic E-state index is 7.00. The van der Waals surface area contributed by atoms with Crippen molar-refractivity contribution in [2.45, 2.75) is 180 Å². The summed E-state index contributed by atoms with van der Waals surface area (Å²) in [6, 6.07) is 0. The molecule has 1 aliphatic carbocycles. The first-order valence-electron chi connectivity index (χ1n) is 16.7. The predicted octanol–water partition coefficient (Wildman–Crippen LogP) is 8.57. The largest absolute Gasteiger partial charge is 0.400 e. The standard InChI is InChI=1S/C28H56.6CH4O/c1-2-4-6-8-10-12-14-16-18-20-22-24-26-28-27-25-23-21-19-17-15-13-11-9-7-5-3-1;6*1-2/h1-28H2;6*2H,1H3. The molecule has 0 spiro atoms. The van der Waals surface area contributed by atoms with E-state index >= 15 is 0 Å². The van der Waals surface area contributed by atoms with Crippen LogP contribution >= 0.6 is 0 Å². The van der Waals surface area contributed by atoms with E-state index in [0.29, 0.717) is 0 Å². The first-order chi connectivity index (χ1) is 20.0. The van der Waals surface area contributed by atoms with Crippen molar-refractivity contribution in [3.05, 3.63) is 0 Å². The summed E-state index contributed by atoms with van der Waals surface area (Å²) >= 11 is 0. The molecular formula is C34H80O6. The Hall–Kier alpha value is -0.240. The molecule has 1 rings (SSSR count). The highest BCUT2D eigenvalue weighted by molar-refractivity contribution is 4.53. The van der Waals surface area contributed by atoms with Gasteiger partial charge in [-0.1, -0.05) is 180 Å². The lowest BCUT2D eigenvalue weighted by Crippen LogP contribution is -1.85. The molecule has 0 aliphatic heterocycles. The zero-order valence-corrected chi connectivity index (χ0v) is 28.5. The Morgan fingerprint density at radius 3 is 0.175 bits per heavy atom. The lowest BCUT2D eigenvalue weighted by atomic mass is 10.0. The number of aliphatic hydroxyl groups is 6. The van der Waals surface area contributed by atoms with Crippen LogP contribution in [0.5, 0.6) is 0 Å². The minimum Gasteiger partial charge on any atom is -0.400 e. The van der Waals surface area contributed by atoms with Gasteiger partial charge in [-0.25, -0.2) is 0 Å². The Bertz CT molecular complexity index is 159. The normalized spacial score (nSPS) is 17.7. The van der Waals surface area contributed by atoms with Crippen molar-refractivity contribution in [2.75, 3.05) is 42.7 Å². The van der Waals surface area contributed by atoms with Gasteiger partial charge >= 0.3 is 0 Å². The predicted molar refractivity (Wildman–Crippen MR) is 178 cm³/mol. The molecule has 0 amide bonds. The van der Waals surface area contributed by atoms with Crippen LogP contribution in [0, 0.1) is 0 Å². The van der Waals surface area contributed by atoms with Gasteiger partial charge in [0.05, 0.1) is 0 Å². The molecule has 6 heteroatoms. The Kier molecular flexibility index (Phi) is 94.0. The van der Waals surface area contributed by atoms with Gasteiger partial charge in [-0.3, -0.25) is 0 Å². The molecule has 1 fully saturated rings. The second-order valence-corrected chi connectivity index (χ2v) is 9.90. The Labute approximate surface area is 253 Å². The molecular weight excluding hydrogens is 504 g/mol. The molecule has 1 aliphatic rings. The van der Waals surface area contributed by atoms with Gasteiger partial charge in [0.1, 0.15) is 0 Å². The lowest BCUT2D eigenvalue weighted by Gasteiger charge is -2.05. The second kappa shape index (κ2) is 71.7. The highest BCUT2D eigenvalue weighted by atomic mass is 16.2. The van der Waals surface area contributed by atoms with E-state index in [0.717, 1.165) is 42.7 Å². The topological polar surface area (TPSA) is 121 Å². The summed E-state index contributed by atoms with van der Waals surface area (Å²) in [4.78, 5) is 0. The Morgan fingerprint density at radius 1 is 0.125 bits per heavy atom. The maximum atomic E-state index is 7.00. The van der Waals surface area contributed by atoms with Crippen LogP contribution in [-0.4, -0.2) is 73.3 Å². The average molecular weight is 585 g/mol. The van der Waals surface area contributed by atoms with Crippen LogP contribution in [0.4, 0.5) is 0 Å². The zero-order valence-electron chi connectivity index (χ0n) is 28.5. The Balaban J connectivity index is -0.000000212. The number of hydrogen-bond donors (Lipinski definition) is 6. The summed E-state index contributed by atoms with van der Waals surface area (Å²) in [6.07, 6.45) is 42.0. The van der Waals surface area contributed by atoms with Crippen molar-refractivity contribution in [1.82, 2.24) is 0 Å². The molecule has 0 saturated heterocycles. The number of hydrogen-bond acceptors (Lipinski definition) is 6. The van der Waals surface area contributed by atoms with Crippen molar-refractivity contribution in [2.24, 2.45) is 0 Å². The van der Waals surface area contributed by atoms with Crippen LogP contribution in [0.15, 0.2) is 0 Å². The van der Waals surface area contributed by atoms with Crippen LogP contribution in [0.2, 0.25) is 0 Å². The Morgan fingerprint density at radius 2 is 0.150 bits per heavy atom. The fraction of sp³-hybridized carbons (Fsp3) is 1.00. The van der Waals surface area contributed by atoms with Crippen molar-refractivity contribution >= 4 is 0 Å². The maximum Gasteiger partial charge on any atom is 0.0319 e. The molecule has 0 bridgehead atoms. The van der Waals surface area contributed by atoms with E-state index in [-0.39, 0.29) is 0 Å². The summed E-state index contributed by atoms with van der Waals surface area (Å²) in [5, 5.41) is 42.0. The van der Waals surface area contributed by atoms with E-state index < -0.39 is 0 Å². The van der Waals surface area contributed by atoms with Crippen LogP contribution in [0.3, 0.4) is 0 Å². The minimum atomic E-state index is 1.00. The molecule has 0 unspecified atom stereocenters.